The fourth-order valence-corrected chi connectivity index (χ4v) is 2.41. The second-order valence-electron chi connectivity index (χ2n) is 4.96. The number of anilines is 1. The van der Waals surface area contributed by atoms with Gasteiger partial charge in [0.25, 0.3) is 5.91 Å². The van der Waals surface area contributed by atoms with Gasteiger partial charge in [0.2, 0.25) is 0 Å². The molecule has 9 heteroatoms. The third-order valence-corrected chi connectivity index (χ3v) is 4.06. The number of nitrogens with two attached hydrogens (primary N) is 1. The number of carbonyl (C=O) groups is 3. The molecule has 7 nitrogen and oxygen atoms in total. The summed E-state index contributed by atoms with van der Waals surface area (Å²) in [5.74, 6) is -0.584. The van der Waals surface area contributed by atoms with Gasteiger partial charge in [-0.3, -0.25) is 4.79 Å². The third kappa shape index (κ3) is 7.10. The Labute approximate surface area is 149 Å². The molecule has 3 amide bonds. The van der Waals surface area contributed by atoms with Crippen LogP contribution >= 0.6 is 23.4 Å². The third-order valence-electron chi connectivity index (χ3n) is 3.01. The van der Waals surface area contributed by atoms with Gasteiger partial charge in [0, 0.05) is 10.7 Å². The van der Waals surface area contributed by atoms with Crippen molar-refractivity contribution in [1.29, 1.82) is 0 Å². The van der Waals surface area contributed by atoms with E-state index in [-0.39, 0.29) is 0 Å². The first-order valence-corrected chi connectivity index (χ1v) is 8.88. The first kappa shape index (κ1) is 20.1. The van der Waals surface area contributed by atoms with E-state index in [4.69, 9.17) is 22.1 Å². The quantitative estimate of drug-likeness (QED) is 0.603. The molecular formula is C15H20ClN3O4S. The zero-order valence-electron chi connectivity index (χ0n) is 13.4. The normalized spacial score (nSPS) is 11.5. The number of amides is 3. The van der Waals surface area contributed by atoms with Crippen LogP contribution < -0.4 is 16.4 Å². The molecule has 0 spiro atoms. The fraction of sp³-hybridized carbons (Fsp3) is 0.400. The van der Waals surface area contributed by atoms with Crippen molar-refractivity contribution < 1.29 is 19.1 Å². The summed E-state index contributed by atoms with van der Waals surface area (Å²) >= 11 is 7.48. The molecule has 0 aliphatic heterocycles. The number of esters is 1. The van der Waals surface area contributed by atoms with Crippen LogP contribution in [0.3, 0.4) is 0 Å². The minimum absolute atomic E-state index is 0.359. The number of aryl methyl sites for hydroxylation is 1. The monoisotopic (exact) mass is 373 g/mol. The smallest absolute Gasteiger partial charge is 0.329 e. The second kappa shape index (κ2) is 10.0. The van der Waals surface area contributed by atoms with Crippen LogP contribution in [0.25, 0.3) is 0 Å². The number of hydrogen-bond donors (Lipinski definition) is 3. The minimum atomic E-state index is -0.878. The first-order valence-electron chi connectivity index (χ1n) is 7.11. The highest BCUT2D eigenvalue weighted by atomic mass is 35.5. The second-order valence-corrected chi connectivity index (χ2v) is 6.36. The van der Waals surface area contributed by atoms with Crippen LogP contribution in [-0.4, -0.2) is 42.6 Å². The maximum Gasteiger partial charge on any atom is 0.329 e. The van der Waals surface area contributed by atoms with Gasteiger partial charge in [0.05, 0.1) is 0 Å². The average Bonchev–Trinajstić information content (AvgIpc) is 2.52. The van der Waals surface area contributed by atoms with E-state index in [9.17, 15) is 14.4 Å². The van der Waals surface area contributed by atoms with E-state index in [0.717, 1.165) is 5.56 Å². The zero-order valence-corrected chi connectivity index (χ0v) is 15.0. The zero-order chi connectivity index (χ0) is 18.1. The van der Waals surface area contributed by atoms with Gasteiger partial charge in [0.15, 0.2) is 6.61 Å². The van der Waals surface area contributed by atoms with Gasteiger partial charge in [-0.15, -0.1) is 0 Å². The standard InChI is InChI=1S/C15H20ClN3O4S/c1-9-3-4-10(7-11(9)16)18-13(20)8-23-14(21)12(5-6-24-2)19-15(17)22/h3-4,7,12H,5-6,8H2,1-2H3,(H,18,20)(H3,17,19,22)/t12-/m0/s1. The molecule has 4 N–H and O–H groups in total. The van der Waals surface area contributed by atoms with Crippen molar-refractivity contribution in [3.8, 4) is 0 Å². The van der Waals surface area contributed by atoms with Crippen LogP contribution in [0.4, 0.5) is 10.5 Å². The Kier molecular flexibility index (Phi) is 8.42. The molecule has 1 rings (SSSR count). The van der Waals surface area contributed by atoms with Crippen LogP contribution in [0.2, 0.25) is 5.02 Å². The molecular weight excluding hydrogens is 354 g/mol. The van der Waals surface area contributed by atoms with Crippen molar-refractivity contribution in [3.05, 3.63) is 28.8 Å². The van der Waals surface area contributed by atoms with Gasteiger partial charge in [-0.2, -0.15) is 11.8 Å². The predicted octanol–water partition coefficient (Wildman–Crippen LogP) is 1.92. The maximum absolute atomic E-state index is 11.9. The van der Waals surface area contributed by atoms with Gasteiger partial charge in [-0.05, 0) is 43.0 Å². The van der Waals surface area contributed by atoms with Crippen molar-refractivity contribution in [2.24, 2.45) is 5.73 Å². The van der Waals surface area contributed by atoms with E-state index in [1.54, 1.807) is 18.2 Å². The number of thioether (sulfide) groups is 1. The molecule has 132 valence electrons. The summed E-state index contributed by atoms with van der Waals surface area (Å²) < 4.78 is 4.93. The Balaban J connectivity index is 2.52. The lowest BCUT2D eigenvalue weighted by Crippen LogP contribution is -2.45. The molecule has 0 unspecified atom stereocenters. The van der Waals surface area contributed by atoms with Gasteiger partial charge in [-0.1, -0.05) is 17.7 Å². The van der Waals surface area contributed by atoms with E-state index in [2.05, 4.69) is 10.6 Å². The lowest BCUT2D eigenvalue weighted by atomic mass is 10.2. The summed E-state index contributed by atoms with van der Waals surface area (Å²) in [5.41, 5.74) is 6.42. The van der Waals surface area contributed by atoms with E-state index in [1.165, 1.54) is 11.8 Å². The molecule has 0 saturated heterocycles. The van der Waals surface area contributed by atoms with Crippen molar-refractivity contribution in [2.45, 2.75) is 19.4 Å². The van der Waals surface area contributed by atoms with Crippen LogP contribution in [0, 0.1) is 6.92 Å². The fourth-order valence-electron chi connectivity index (χ4n) is 1.76. The SMILES string of the molecule is CSCC[C@H](NC(N)=O)C(=O)OCC(=O)Nc1ccc(C)c(Cl)c1. The van der Waals surface area contributed by atoms with Gasteiger partial charge in [-0.25, -0.2) is 9.59 Å². The van der Waals surface area contributed by atoms with Crippen LogP contribution in [0.5, 0.6) is 0 Å². The number of nitrogens with one attached hydrogen (secondary N) is 2. The van der Waals surface area contributed by atoms with Crippen molar-refractivity contribution in [3.63, 3.8) is 0 Å². The van der Waals surface area contributed by atoms with E-state index < -0.39 is 30.6 Å². The molecule has 0 radical (unpaired) electrons. The summed E-state index contributed by atoms with van der Waals surface area (Å²) in [6.45, 7) is 1.37. The molecule has 1 aromatic carbocycles. The molecule has 0 aliphatic carbocycles. The van der Waals surface area contributed by atoms with Crippen LogP contribution in [0.15, 0.2) is 18.2 Å². The Bertz CT molecular complexity index is 612. The summed E-state index contributed by atoms with van der Waals surface area (Å²) in [6, 6.07) is 3.36. The van der Waals surface area contributed by atoms with Crippen LogP contribution in [0.1, 0.15) is 12.0 Å². The highest BCUT2D eigenvalue weighted by Crippen LogP contribution is 2.19. The summed E-state index contributed by atoms with van der Waals surface area (Å²) in [5, 5.41) is 5.40. The molecule has 1 atom stereocenters. The van der Waals surface area contributed by atoms with E-state index in [0.29, 0.717) is 22.9 Å². The van der Waals surface area contributed by atoms with E-state index >= 15 is 0 Å². The Morgan fingerprint density at radius 2 is 2.08 bits per heavy atom. The number of halogens is 1. The number of benzene rings is 1. The number of carbonyl (C=O) groups excluding carboxylic acids is 3. The predicted molar refractivity (Wildman–Crippen MR) is 95.3 cm³/mol. The van der Waals surface area contributed by atoms with Gasteiger partial charge >= 0.3 is 12.0 Å². The van der Waals surface area contributed by atoms with Crippen LogP contribution in [-0.2, 0) is 14.3 Å². The number of ether oxygens (including phenoxy) is 1. The number of hydrogen-bond acceptors (Lipinski definition) is 5. The molecule has 0 saturated carbocycles. The van der Waals surface area contributed by atoms with Crippen molar-refractivity contribution in [1.82, 2.24) is 5.32 Å². The Morgan fingerprint density at radius 1 is 1.38 bits per heavy atom. The van der Waals surface area contributed by atoms with Gasteiger partial charge in [0.1, 0.15) is 6.04 Å². The minimum Gasteiger partial charge on any atom is -0.454 e. The molecule has 0 fully saturated rings. The highest BCUT2D eigenvalue weighted by Gasteiger charge is 2.21. The number of primary amides is 1. The maximum atomic E-state index is 11.9. The highest BCUT2D eigenvalue weighted by molar-refractivity contribution is 7.98. The molecule has 1 aromatic rings. The first-order chi connectivity index (χ1) is 11.3. The summed E-state index contributed by atoms with van der Waals surface area (Å²) in [7, 11) is 0. The van der Waals surface area contributed by atoms with Gasteiger partial charge < -0.3 is 21.1 Å². The number of rotatable bonds is 8. The lowest BCUT2D eigenvalue weighted by Gasteiger charge is -2.16. The summed E-state index contributed by atoms with van der Waals surface area (Å²) in [6.07, 6.45) is 2.23. The summed E-state index contributed by atoms with van der Waals surface area (Å²) in [4.78, 5) is 34.7. The van der Waals surface area contributed by atoms with Crippen molar-refractivity contribution >= 4 is 47.0 Å². The van der Waals surface area contributed by atoms with Crippen molar-refractivity contribution in [2.75, 3.05) is 23.9 Å². The molecule has 0 aromatic heterocycles. The number of urea groups is 1. The Hall–Kier alpha value is -1.93. The molecule has 0 bridgehead atoms. The molecule has 24 heavy (non-hydrogen) atoms. The average molecular weight is 374 g/mol. The largest absolute Gasteiger partial charge is 0.454 e. The topological polar surface area (TPSA) is 111 Å². The molecule has 0 aliphatic rings. The molecule has 0 heterocycles. The van der Waals surface area contributed by atoms with E-state index in [1.807, 2.05) is 13.2 Å². The Morgan fingerprint density at radius 3 is 2.67 bits per heavy atom. The lowest BCUT2D eigenvalue weighted by molar-refractivity contribution is -0.149.